The minimum absolute atomic E-state index is 0.582. The minimum atomic E-state index is -1.17. The van der Waals surface area contributed by atoms with Gasteiger partial charge in [0.15, 0.2) is 0 Å². The van der Waals surface area contributed by atoms with Crippen molar-refractivity contribution in [1.29, 1.82) is 0 Å². The SMILES string of the molecule is CC1C2C=CC=CC2C2C1c1cc(Br)ccc1N2C[Si](C)(C)C.CC1C2C=CC=CC2C2C1c1ccccc1N2CCCc1ccccc1.CCCCN1c2ccc(C)cc2C2C(C)C3C=CC=CC3C21.CCN1c2ccccc2C2C(C)C3C=CC=CC3C21.Cc1ccc2c(c1)C1C(C)C3C=CC=CC3C1N2Cc1ccccc1. The Hall–Kier alpha value is -8.36. The normalized spacial score (nSPS) is 33.7. The van der Waals surface area contributed by atoms with Crippen molar-refractivity contribution in [3.63, 3.8) is 0 Å². The average molecular weight is 1600 g/mol. The van der Waals surface area contributed by atoms with E-state index >= 15 is 0 Å². The molecule has 0 N–H and O–H groups in total. The lowest BCUT2D eigenvalue weighted by atomic mass is 9.83. The van der Waals surface area contributed by atoms with Gasteiger partial charge in [0.1, 0.15) is 0 Å². The Labute approximate surface area is 700 Å². The number of rotatable bonds is 12. The lowest BCUT2D eigenvalue weighted by Gasteiger charge is -2.36. The number of hydrogen-bond donors (Lipinski definition) is 0. The van der Waals surface area contributed by atoms with Gasteiger partial charge in [0.05, 0.1) is 8.07 Å². The van der Waals surface area contributed by atoms with Crippen molar-refractivity contribution in [2.45, 2.75) is 174 Å². The van der Waals surface area contributed by atoms with Gasteiger partial charge >= 0.3 is 0 Å². The summed E-state index contributed by atoms with van der Waals surface area (Å²) in [6, 6.07) is 64.4. The molecular formula is C108H126BrN5Si. The summed E-state index contributed by atoms with van der Waals surface area (Å²) in [5.74, 6) is 13.8. The highest BCUT2D eigenvalue weighted by Gasteiger charge is 2.59. The molecule has 5 fully saturated rings. The van der Waals surface area contributed by atoms with Crippen molar-refractivity contribution in [3.8, 4) is 0 Å². The Morgan fingerprint density at radius 1 is 0.313 bits per heavy atom. The van der Waals surface area contributed by atoms with E-state index in [1.54, 1.807) is 27.8 Å². The fourth-order valence-electron chi connectivity index (χ4n) is 26.2. The maximum absolute atomic E-state index is 3.70. The third kappa shape index (κ3) is 14.0. The molecule has 25 atom stereocenters. The molecule has 5 nitrogen and oxygen atoms in total. The van der Waals surface area contributed by atoms with E-state index in [4.69, 9.17) is 0 Å². The number of allylic oxidation sites excluding steroid dienone is 15. The molecule has 115 heavy (non-hydrogen) atoms. The Balaban J connectivity index is 0.000000100. The Morgan fingerprint density at radius 2 is 0.635 bits per heavy atom. The number of para-hydroxylation sites is 2. The highest BCUT2D eigenvalue weighted by molar-refractivity contribution is 9.10. The van der Waals surface area contributed by atoms with Crippen molar-refractivity contribution in [1.82, 2.24) is 0 Å². The monoisotopic (exact) mass is 1600 g/mol. The second-order valence-electron chi connectivity index (χ2n) is 38.4. The minimum Gasteiger partial charge on any atom is -0.370 e. The van der Waals surface area contributed by atoms with Gasteiger partial charge in [-0.25, -0.2) is 0 Å². The molecule has 15 aliphatic rings. The molecule has 0 bridgehead atoms. The van der Waals surface area contributed by atoms with Gasteiger partial charge in [0.25, 0.3) is 0 Å². The van der Waals surface area contributed by atoms with Gasteiger partial charge in [0, 0.05) is 155 Å². The van der Waals surface area contributed by atoms with E-state index < -0.39 is 8.07 Å². The van der Waals surface area contributed by atoms with Crippen LogP contribution in [0.1, 0.15) is 147 Å². The number of unbranched alkanes of at least 4 members (excludes halogenated alkanes) is 1. The van der Waals surface area contributed by atoms with Crippen molar-refractivity contribution in [3.05, 3.63) is 340 Å². The van der Waals surface area contributed by atoms with E-state index in [1.807, 2.05) is 0 Å². The molecule has 5 saturated carbocycles. The van der Waals surface area contributed by atoms with Crippen LogP contribution in [0.2, 0.25) is 19.6 Å². The molecule has 0 aromatic heterocycles. The molecular weight excluding hydrogens is 1480 g/mol. The number of likely N-dealkylation sites (N-methyl/N-ethyl adjacent to an activating group) is 1. The number of benzene rings is 7. The van der Waals surface area contributed by atoms with Gasteiger partial charge in [-0.2, -0.15) is 0 Å². The molecule has 5 heterocycles. The predicted octanol–water partition coefficient (Wildman–Crippen LogP) is 25.7. The van der Waals surface area contributed by atoms with Crippen molar-refractivity contribution < 1.29 is 0 Å². The first kappa shape index (κ1) is 77.8. The molecule has 7 aromatic carbocycles. The van der Waals surface area contributed by atoms with Gasteiger partial charge in [0.2, 0.25) is 0 Å². The molecule has 22 rings (SSSR count). The van der Waals surface area contributed by atoms with Gasteiger partial charge < -0.3 is 24.5 Å². The maximum atomic E-state index is 3.70. The van der Waals surface area contributed by atoms with E-state index in [1.165, 1.54) is 87.1 Å². The second kappa shape index (κ2) is 32.5. The van der Waals surface area contributed by atoms with Crippen LogP contribution in [0.25, 0.3) is 0 Å². The molecule has 7 aromatic rings. The first-order valence-corrected chi connectivity index (χ1v) is 49.3. The van der Waals surface area contributed by atoms with E-state index in [-0.39, 0.29) is 0 Å². The van der Waals surface area contributed by atoms with Crippen LogP contribution in [-0.4, -0.2) is 64.1 Å². The summed E-state index contributed by atoms with van der Waals surface area (Å²) in [6.45, 7) is 33.3. The Morgan fingerprint density at radius 3 is 1.06 bits per heavy atom. The zero-order valence-electron chi connectivity index (χ0n) is 70.5. The zero-order valence-corrected chi connectivity index (χ0v) is 73.1. The van der Waals surface area contributed by atoms with E-state index in [0.717, 1.165) is 49.7 Å². The molecule has 25 unspecified atom stereocenters. The van der Waals surface area contributed by atoms with Crippen molar-refractivity contribution >= 4 is 52.4 Å². The van der Waals surface area contributed by atoms with Crippen LogP contribution < -0.4 is 24.5 Å². The zero-order chi connectivity index (χ0) is 79.1. The van der Waals surface area contributed by atoms with Crippen LogP contribution in [-0.2, 0) is 13.0 Å². The highest BCUT2D eigenvalue weighted by Crippen LogP contribution is 2.64. The number of halogens is 1. The summed E-state index contributed by atoms with van der Waals surface area (Å²) >= 11 is 3.70. The van der Waals surface area contributed by atoms with Crippen LogP contribution >= 0.6 is 15.9 Å². The molecule has 7 heteroatoms. The number of hydrogen-bond acceptors (Lipinski definition) is 5. The molecule has 0 saturated heterocycles. The average Bonchev–Trinajstić information content (AvgIpc) is 1.58. The number of fused-ring (bicyclic) bond motifs is 25. The second-order valence-corrected chi connectivity index (χ2v) is 44.7. The van der Waals surface area contributed by atoms with Gasteiger partial charge in [-0.3, -0.25) is 0 Å². The summed E-state index contributed by atoms with van der Waals surface area (Å²) in [6.07, 6.45) is 53.3. The fraction of sp³-hybridized carbons (Fsp3) is 0.426. The first-order chi connectivity index (χ1) is 56.0. The smallest absolute Gasteiger partial charge is 0.0665 e. The quantitative estimate of drug-likeness (QED) is 0.113. The highest BCUT2D eigenvalue weighted by atomic mass is 79.9. The van der Waals surface area contributed by atoms with Crippen LogP contribution in [0, 0.1) is 103 Å². The number of nitrogens with zero attached hydrogens (tertiary/aromatic N) is 5. The van der Waals surface area contributed by atoms with Crippen molar-refractivity contribution in [2.24, 2.45) is 88.8 Å². The van der Waals surface area contributed by atoms with Crippen LogP contribution in [0.4, 0.5) is 28.4 Å². The van der Waals surface area contributed by atoms with Gasteiger partial charge in [-0.15, -0.1) is 0 Å². The fourth-order valence-corrected chi connectivity index (χ4v) is 28.0. The number of anilines is 5. The molecule has 594 valence electrons. The third-order valence-electron chi connectivity index (χ3n) is 30.8. The van der Waals surface area contributed by atoms with Crippen LogP contribution in [0.5, 0.6) is 0 Å². The number of aryl methyl sites for hydroxylation is 3. The molecule has 0 amide bonds. The summed E-state index contributed by atoms with van der Waals surface area (Å²) in [7, 11) is -1.17. The summed E-state index contributed by atoms with van der Waals surface area (Å²) in [5.41, 5.74) is 21.0. The van der Waals surface area contributed by atoms with E-state index in [2.05, 4.69) is 408 Å². The van der Waals surface area contributed by atoms with Crippen LogP contribution in [0.15, 0.2) is 290 Å². The van der Waals surface area contributed by atoms with E-state index in [9.17, 15) is 0 Å². The van der Waals surface area contributed by atoms with Gasteiger partial charge in [-0.05, 0) is 181 Å². The summed E-state index contributed by atoms with van der Waals surface area (Å²) in [4.78, 5) is 13.6. The Kier molecular flexibility index (Phi) is 22.0. The standard InChI is InChI=1S/C25H27N.C24H25N.C21H27N.C20H26BrNSi.C18H21N/c1-18-20-13-5-6-14-21(20)25-24(18)22-15-7-8-16-23(22)26(25)17-9-12-19-10-3-2-4-11-19;1-16-12-13-22-21(14-16)23-17(2)19-10-6-7-11-20(19)24(23)25(22)15-18-8-4-3-5-9-18;1-4-5-12-22-19-11-10-14(2)13-18(19)20-15(3)16-8-6-7-9-17(16)21(20)22;1-13-15-7-5-6-8-16(15)20-19(13)17-11-14(21)9-10-18(17)22(20)12-23(2,3)4;1-3-19-16-11-7-6-10-15(16)17-12(2)13-8-4-5-9-14(13)18(17)19/h2-8,10-11,13-16,18,20-21,24-25H,9,12,17H2,1H3;3-14,17,19-20,23-24H,15H2,1-2H3;6-11,13,15-17,20-21H,4-5,12H2,1-3H3;5-11,13,15-16,19-20H,12H2,1-4H3;4-14,17-18H,3H2,1-2H3. The molecule has 0 radical (unpaired) electrons. The molecule has 10 aliphatic carbocycles. The molecule has 0 spiro atoms. The van der Waals surface area contributed by atoms with E-state index in [0.29, 0.717) is 125 Å². The lowest BCUT2D eigenvalue weighted by Crippen LogP contribution is -2.46. The summed E-state index contributed by atoms with van der Waals surface area (Å²) < 4.78 is 1.22. The van der Waals surface area contributed by atoms with Crippen LogP contribution in [0.3, 0.4) is 0 Å². The largest absolute Gasteiger partial charge is 0.370 e. The summed E-state index contributed by atoms with van der Waals surface area (Å²) in [5, 5.41) is 0. The predicted molar refractivity (Wildman–Crippen MR) is 495 cm³/mol. The maximum Gasteiger partial charge on any atom is 0.0665 e. The molecule has 5 aliphatic heterocycles. The van der Waals surface area contributed by atoms with Gasteiger partial charge in [-0.1, -0.05) is 338 Å². The van der Waals surface area contributed by atoms with Crippen molar-refractivity contribution in [2.75, 3.05) is 50.3 Å². The Bertz CT molecular complexity index is 4990. The third-order valence-corrected chi connectivity index (χ3v) is 32.6. The lowest BCUT2D eigenvalue weighted by molar-refractivity contribution is 0.427. The topological polar surface area (TPSA) is 16.2 Å². The first-order valence-electron chi connectivity index (χ1n) is 44.8.